The Bertz CT molecular complexity index is 477. The van der Waals surface area contributed by atoms with Crippen LogP contribution in [0.5, 0.6) is 0 Å². The standard InChI is InChI=1S/C18H28N2O.ClH/c1-14(2)16(15-7-5-4-6-8-15)11-17(21)20-10-9-18(3,12-19)13-20;/h4-8,14,16H,9-13,19H2,1-3H3;1H. The number of carbonyl (C=O) groups is 1. The van der Waals surface area contributed by atoms with E-state index >= 15 is 0 Å². The van der Waals surface area contributed by atoms with Crippen molar-refractivity contribution in [3.63, 3.8) is 0 Å². The summed E-state index contributed by atoms with van der Waals surface area (Å²) in [5, 5.41) is 0. The number of hydrogen-bond donors (Lipinski definition) is 1. The van der Waals surface area contributed by atoms with Crippen molar-refractivity contribution in [3.05, 3.63) is 35.9 Å². The summed E-state index contributed by atoms with van der Waals surface area (Å²) in [7, 11) is 0. The van der Waals surface area contributed by atoms with Gasteiger partial charge in [0.15, 0.2) is 0 Å². The molecule has 1 aliphatic heterocycles. The van der Waals surface area contributed by atoms with E-state index in [1.54, 1.807) is 0 Å². The highest BCUT2D eigenvalue weighted by molar-refractivity contribution is 5.85. The summed E-state index contributed by atoms with van der Waals surface area (Å²) in [6, 6.07) is 10.4. The van der Waals surface area contributed by atoms with E-state index in [-0.39, 0.29) is 23.7 Å². The quantitative estimate of drug-likeness (QED) is 0.902. The van der Waals surface area contributed by atoms with Crippen molar-refractivity contribution >= 4 is 18.3 Å². The van der Waals surface area contributed by atoms with Crippen LogP contribution in [-0.4, -0.2) is 30.4 Å². The first-order chi connectivity index (χ1) is 9.95. The molecular weight excluding hydrogens is 296 g/mol. The van der Waals surface area contributed by atoms with Crippen LogP contribution in [0.4, 0.5) is 0 Å². The smallest absolute Gasteiger partial charge is 0.223 e. The maximum atomic E-state index is 12.6. The fraction of sp³-hybridized carbons (Fsp3) is 0.611. The molecule has 0 aromatic heterocycles. The largest absolute Gasteiger partial charge is 0.342 e. The van der Waals surface area contributed by atoms with Crippen molar-refractivity contribution in [1.29, 1.82) is 0 Å². The molecular formula is C18H29ClN2O. The van der Waals surface area contributed by atoms with Crippen LogP contribution in [0, 0.1) is 11.3 Å². The summed E-state index contributed by atoms with van der Waals surface area (Å²) in [6.07, 6.45) is 1.62. The highest BCUT2D eigenvalue weighted by Gasteiger charge is 2.35. The van der Waals surface area contributed by atoms with Crippen LogP contribution < -0.4 is 5.73 Å². The molecule has 22 heavy (non-hydrogen) atoms. The molecule has 1 aromatic rings. The second-order valence-electron chi connectivity index (χ2n) is 7.05. The number of amides is 1. The van der Waals surface area contributed by atoms with Crippen LogP contribution in [0.1, 0.15) is 45.1 Å². The lowest BCUT2D eigenvalue weighted by Gasteiger charge is -2.26. The molecule has 1 saturated heterocycles. The molecule has 0 aliphatic carbocycles. The zero-order valence-electron chi connectivity index (χ0n) is 13.9. The summed E-state index contributed by atoms with van der Waals surface area (Å²) < 4.78 is 0. The maximum absolute atomic E-state index is 12.6. The van der Waals surface area contributed by atoms with Gasteiger partial charge < -0.3 is 10.6 Å². The minimum absolute atomic E-state index is 0. The molecule has 2 atom stereocenters. The van der Waals surface area contributed by atoms with Gasteiger partial charge in [0.1, 0.15) is 0 Å². The molecule has 3 nitrogen and oxygen atoms in total. The van der Waals surface area contributed by atoms with Gasteiger partial charge in [0.05, 0.1) is 0 Å². The molecule has 0 saturated carbocycles. The zero-order chi connectivity index (χ0) is 15.5. The molecule has 1 fully saturated rings. The monoisotopic (exact) mass is 324 g/mol. The van der Waals surface area contributed by atoms with E-state index < -0.39 is 0 Å². The van der Waals surface area contributed by atoms with E-state index in [0.29, 0.717) is 24.8 Å². The molecule has 0 spiro atoms. The number of nitrogens with zero attached hydrogens (tertiary/aromatic N) is 1. The topological polar surface area (TPSA) is 46.3 Å². The van der Waals surface area contributed by atoms with Crippen molar-refractivity contribution in [2.24, 2.45) is 17.1 Å². The number of nitrogens with two attached hydrogens (primary N) is 1. The van der Waals surface area contributed by atoms with Crippen molar-refractivity contribution in [1.82, 2.24) is 4.90 Å². The third-order valence-corrected chi connectivity index (χ3v) is 4.83. The molecule has 4 heteroatoms. The highest BCUT2D eigenvalue weighted by Crippen LogP contribution is 2.32. The Hall–Kier alpha value is -1.06. The molecule has 1 aromatic carbocycles. The third-order valence-electron chi connectivity index (χ3n) is 4.83. The van der Waals surface area contributed by atoms with E-state index in [1.165, 1.54) is 5.56 Å². The lowest BCUT2D eigenvalue weighted by atomic mass is 9.85. The molecule has 1 aliphatic rings. The van der Waals surface area contributed by atoms with Crippen molar-refractivity contribution in [2.45, 2.75) is 39.5 Å². The summed E-state index contributed by atoms with van der Waals surface area (Å²) in [6.45, 7) is 8.88. The first kappa shape index (κ1) is 19.0. The molecule has 1 heterocycles. The second kappa shape index (κ2) is 7.98. The molecule has 0 bridgehead atoms. The summed E-state index contributed by atoms with van der Waals surface area (Å²) in [4.78, 5) is 14.6. The average molecular weight is 325 g/mol. The molecule has 2 N–H and O–H groups in total. The lowest BCUT2D eigenvalue weighted by Crippen LogP contribution is -2.35. The van der Waals surface area contributed by atoms with Gasteiger partial charge in [0.25, 0.3) is 0 Å². The minimum atomic E-state index is 0. The van der Waals surface area contributed by atoms with E-state index in [4.69, 9.17) is 5.73 Å². The number of benzene rings is 1. The molecule has 124 valence electrons. The van der Waals surface area contributed by atoms with E-state index in [2.05, 4.69) is 45.0 Å². The second-order valence-corrected chi connectivity index (χ2v) is 7.05. The zero-order valence-corrected chi connectivity index (χ0v) is 14.7. The van der Waals surface area contributed by atoms with Crippen molar-refractivity contribution < 1.29 is 4.79 Å². The van der Waals surface area contributed by atoms with Gasteiger partial charge in [-0.3, -0.25) is 4.79 Å². The van der Waals surface area contributed by atoms with E-state index in [0.717, 1.165) is 19.5 Å². The van der Waals surface area contributed by atoms with Crippen LogP contribution in [0.15, 0.2) is 30.3 Å². The Morgan fingerprint density at radius 3 is 2.45 bits per heavy atom. The SMILES string of the molecule is CC(C)C(CC(=O)N1CCC(C)(CN)C1)c1ccccc1.Cl. The molecule has 1 amide bonds. The average Bonchev–Trinajstić information content (AvgIpc) is 2.88. The Labute approximate surface area is 140 Å². The van der Waals surface area contributed by atoms with Gasteiger partial charge in [-0.1, -0.05) is 51.1 Å². The molecule has 2 rings (SSSR count). The fourth-order valence-corrected chi connectivity index (χ4v) is 3.16. The number of rotatable bonds is 5. The normalized spacial score (nSPS) is 22.5. The first-order valence-electron chi connectivity index (χ1n) is 7.98. The van der Waals surface area contributed by atoms with Gasteiger partial charge in [-0.2, -0.15) is 0 Å². The molecule has 2 unspecified atom stereocenters. The Balaban J connectivity index is 0.00000242. The van der Waals surface area contributed by atoms with Crippen LogP contribution in [0.2, 0.25) is 0 Å². The number of carbonyl (C=O) groups excluding carboxylic acids is 1. The van der Waals surface area contributed by atoms with Gasteiger partial charge in [-0.05, 0) is 35.8 Å². The highest BCUT2D eigenvalue weighted by atomic mass is 35.5. The number of likely N-dealkylation sites (tertiary alicyclic amines) is 1. The fourth-order valence-electron chi connectivity index (χ4n) is 3.16. The number of halogens is 1. The van der Waals surface area contributed by atoms with Crippen LogP contribution in [-0.2, 0) is 4.79 Å². The van der Waals surface area contributed by atoms with Crippen molar-refractivity contribution in [2.75, 3.05) is 19.6 Å². The summed E-state index contributed by atoms with van der Waals surface area (Å²) >= 11 is 0. The van der Waals surface area contributed by atoms with Crippen molar-refractivity contribution in [3.8, 4) is 0 Å². The first-order valence-corrected chi connectivity index (χ1v) is 7.98. The minimum Gasteiger partial charge on any atom is -0.342 e. The summed E-state index contributed by atoms with van der Waals surface area (Å²) in [5.41, 5.74) is 7.21. The number of hydrogen-bond acceptors (Lipinski definition) is 2. The van der Waals surface area contributed by atoms with E-state index in [9.17, 15) is 4.79 Å². The van der Waals surface area contributed by atoms with Crippen LogP contribution in [0.25, 0.3) is 0 Å². The van der Waals surface area contributed by atoms with Gasteiger partial charge in [-0.15, -0.1) is 12.4 Å². The predicted octanol–water partition coefficient (Wildman–Crippen LogP) is 3.44. The maximum Gasteiger partial charge on any atom is 0.223 e. The Kier molecular flexibility index (Phi) is 6.89. The van der Waals surface area contributed by atoms with Gasteiger partial charge in [0.2, 0.25) is 5.91 Å². The van der Waals surface area contributed by atoms with E-state index in [1.807, 2.05) is 11.0 Å². The lowest BCUT2D eigenvalue weighted by molar-refractivity contribution is -0.131. The van der Waals surface area contributed by atoms with Gasteiger partial charge in [0, 0.05) is 19.5 Å². The van der Waals surface area contributed by atoms with Crippen LogP contribution in [0.3, 0.4) is 0 Å². The Morgan fingerprint density at radius 1 is 1.32 bits per heavy atom. The Morgan fingerprint density at radius 2 is 1.95 bits per heavy atom. The van der Waals surface area contributed by atoms with Gasteiger partial charge in [-0.25, -0.2) is 0 Å². The summed E-state index contributed by atoms with van der Waals surface area (Å²) in [5.74, 6) is 1.03. The predicted molar refractivity (Wildman–Crippen MR) is 94.2 cm³/mol. The van der Waals surface area contributed by atoms with Crippen LogP contribution >= 0.6 is 12.4 Å². The third kappa shape index (κ3) is 4.47. The molecule has 0 radical (unpaired) electrons. The van der Waals surface area contributed by atoms with Gasteiger partial charge >= 0.3 is 0 Å².